The first-order valence-electron chi connectivity index (χ1n) is 9.16. The van der Waals surface area contributed by atoms with Crippen LogP contribution in [0.15, 0.2) is 35.3 Å². The second-order valence-electron chi connectivity index (χ2n) is 6.53. The minimum atomic E-state index is -0.330. The molecule has 6 heteroatoms. The second-order valence-corrected chi connectivity index (χ2v) is 6.53. The predicted molar refractivity (Wildman–Crippen MR) is 102 cm³/mol. The third-order valence-corrected chi connectivity index (χ3v) is 4.46. The molecule has 1 aliphatic heterocycles. The van der Waals surface area contributed by atoms with Gasteiger partial charge in [-0.25, -0.2) is 0 Å². The van der Waals surface area contributed by atoms with E-state index in [-0.39, 0.29) is 12.0 Å². The van der Waals surface area contributed by atoms with Crippen LogP contribution < -0.4 is 10.6 Å². The summed E-state index contributed by atoms with van der Waals surface area (Å²) in [5, 5.41) is 16.6. The number of morpholine rings is 1. The summed E-state index contributed by atoms with van der Waals surface area (Å²) in [5.41, 5.74) is 1.24. The highest BCUT2D eigenvalue weighted by Crippen LogP contribution is 2.20. The van der Waals surface area contributed by atoms with Crippen molar-refractivity contribution in [1.82, 2.24) is 15.5 Å². The van der Waals surface area contributed by atoms with Crippen molar-refractivity contribution in [3.05, 3.63) is 35.9 Å². The molecule has 0 aromatic heterocycles. The molecule has 0 aliphatic carbocycles. The molecule has 0 saturated carbocycles. The molecule has 1 aromatic rings. The van der Waals surface area contributed by atoms with Crippen LogP contribution in [0.4, 0.5) is 0 Å². The molecule has 3 N–H and O–H groups in total. The highest BCUT2D eigenvalue weighted by atomic mass is 16.5. The first-order chi connectivity index (χ1) is 12.2. The van der Waals surface area contributed by atoms with Crippen LogP contribution in [0.1, 0.15) is 24.8 Å². The third-order valence-electron chi connectivity index (χ3n) is 4.46. The van der Waals surface area contributed by atoms with Crippen molar-refractivity contribution in [1.29, 1.82) is 0 Å². The van der Waals surface area contributed by atoms with Gasteiger partial charge in [0.25, 0.3) is 0 Å². The molecular formula is C19H32N4O2. The zero-order valence-corrected chi connectivity index (χ0v) is 15.4. The maximum Gasteiger partial charge on any atom is 0.191 e. The molecule has 1 heterocycles. The molecule has 2 atom stereocenters. The van der Waals surface area contributed by atoms with Crippen molar-refractivity contribution in [2.45, 2.75) is 25.4 Å². The molecule has 0 radical (unpaired) electrons. The van der Waals surface area contributed by atoms with E-state index in [1.54, 1.807) is 7.05 Å². The second kappa shape index (κ2) is 11.1. The van der Waals surface area contributed by atoms with Crippen molar-refractivity contribution in [3.8, 4) is 0 Å². The van der Waals surface area contributed by atoms with Gasteiger partial charge in [0.05, 0.1) is 19.3 Å². The molecule has 1 fully saturated rings. The average molecular weight is 348 g/mol. The Kier molecular flexibility index (Phi) is 8.72. The first-order valence-corrected chi connectivity index (χ1v) is 9.16. The van der Waals surface area contributed by atoms with Gasteiger partial charge >= 0.3 is 0 Å². The topological polar surface area (TPSA) is 69.1 Å². The Bertz CT molecular complexity index is 501. The number of hydrogen-bond donors (Lipinski definition) is 3. The molecule has 0 amide bonds. The van der Waals surface area contributed by atoms with Crippen LogP contribution in [-0.2, 0) is 4.74 Å². The highest BCUT2D eigenvalue weighted by Gasteiger charge is 2.15. The number of aliphatic hydroxyl groups excluding tert-OH is 1. The molecular weight excluding hydrogens is 316 g/mol. The minimum absolute atomic E-state index is 0.249. The van der Waals surface area contributed by atoms with Crippen LogP contribution in [0.5, 0.6) is 0 Å². The number of benzene rings is 1. The van der Waals surface area contributed by atoms with E-state index in [2.05, 4.69) is 32.7 Å². The van der Waals surface area contributed by atoms with E-state index in [1.807, 2.05) is 25.1 Å². The quantitative estimate of drug-likeness (QED) is 0.484. The monoisotopic (exact) mass is 348 g/mol. The molecule has 6 nitrogen and oxygen atoms in total. The largest absolute Gasteiger partial charge is 0.393 e. The van der Waals surface area contributed by atoms with Crippen LogP contribution >= 0.6 is 0 Å². The van der Waals surface area contributed by atoms with Crippen LogP contribution in [0.25, 0.3) is 0 Å². The SMILES string of the molecule is CN=C(NCCN1CCOCC1)NCC(CC(C)O)c1ccccc1. The molecule has 2 rings (SSSR count). The van der Waals surface area contributed by atoms with E-state index in [0.29, 0.717) is 0 Å². The molecule has 2 unspecified atom stereocenters. The zero-order chi connectivity index (χ0) is 17.9. The van der Waals surface area contributed by atoms with Crippen molar-refractivity contribution in [2.75, 3.05) is 53.0 Å². The number of rotatable bonds is 8. The molecule has 140 valence electrons. The van der Waals surface area contributed by atoms with Crippen molar-refractivity contribution < 1.29 is 9.84 Å². The first kappa shape index (κ1) is 19.7. The van der Waals surface area contributed by atoms with Gasteiger partial charge in [-0.3, -0.25) is 9.89 Å². The van der Waals surface area contributed by atoms with E-state index in [1.165, 1.54) is 5.56 Å². The van der Waals surface area contributed by atoms with Crippen LogP contribution in [0.2, 0.25) is 0 Å². The summed E-state index contributed by atoms with van der Waals surface area (Å²) in [4.78, 5) is 6.70. The van der Waals surface area contributed by atoms with Gasteiger partial charge in [-0.1, -0.05) is 30.3 Å². The summed E-state index contributed by atoms with van der Waals surface area (Å²) in [6, 6.07) is 10.3. The van der Waals surface area contributed by atoms with E-state index in [4.69, 9.17) is 4.74 Å². The maximum absolute atomic E-state index is 9.80. The standard InChI is InChI=1S/C19H32N4O2/c1-16(24)14-18(17-6-4-3-5-7-17)15-22-19(20-2)21-8-9-23-10-12-25-13-11-23/h3-7,16,18,24H,8-15H2,1-2H3,(H2,20,21,22). The summed E-state index contributed by atoms with van der Waals surface area (Å²) >= 11 is 0. The van der Waals surface area contributed by atoms with Gasteiger partial charge in [-0.2, -0.15) is 0 Å². The number of hydrogen-bond acceptors (Lipinski definition) is 4. The highest BCUT2D eigenvalue weighted by molar-refractivity contribution is 5.79. The maximum atomic E-state index is 9.80. The van der Waals surface area contributed by atoms with E-state index >= 15 is 0 Å². The summed E-state index contributed by atoms with van der Waals surface area (Å²) < 4.78 is 5.37. The molecule has 1 aromatic carbocycles. The Balaban J connectivity index is 1.78. The normalized spacial score (nSPS) is 18.6. The number of nitrogens with zero attached hydrogens (tertiary/aromatic N) is 2. The predicted octanol–water partition coefficient (Wildman–Crippen LogP) is 1.04. The smallest absolute Gasteiger partial charge is 0.191 e. The fourth-order valence-electron chi connectivity index (χ4n) is 3.07. The van der Waals surface area contributed by atoms with Crippen molar-refractivity contribution in [3.63, 3.8) is 0 Å². The van der Waals surface area contributed by atoms with Crippen LogP contribution in [-0.4, -0.2) is 75.1 Å². The molecule has 0 spiro atoms. The van der Waals surface area contributed by atoms with E-state index in [9.17, 15) is 5.11 Å². The Morgan fingerprint density at radius 3 is 2.60 bits per heavy atom. The molecule has 25 heavy (non-hydrogen) atoms. The number of nitrogens with one attached hydrogen (secondary N) is 2. The average Bonchev–Trinajstić information content (AvgIpc) is 2.64. The number of guanidine groups is 1. The van der Waals surface area contributed by atoms with Gasteiger partial charge in [-0.05, 0) is 18.9 Å². The number of aliphatic hydroxyl groups is 1. The number of aliphatic imine (C=N–C) groups is 1. The third kappa shape index (κ3) is 7.42. The Labute approximate surface area is 151 Å². The lowest BCUT2D eigenvalue weighted by Gasteiger charge is -2.27. The summed E-state index contributed by atoms with van der Waals surface area (Å²) in [6.07, 6.45) is 0.394. The lowest BCUT2D eigenvalue weighted by atomic mass is 9.93. The van der Waals surface area contributed by atoms with Crippen LogP contribution in [0, 0.1) is 0 Å². The van der Waals surface area contributed by atoms with Crippen molar-refractivity contribution in [2.24, 2.45) is 4.99 Å². The van der Waals surface area contributed by atoms with Gasteiger partial charge in [0.1, 0.15) is 0 Å². The van der Waals surface area contributed by atoms with Gasteiger partial charge in [0.15, 0.2) is 5.96 Å². The lowest BCUT2D eigenvalue weighted by molar-refractivity contribution is 0.0389. The minimum Gasteiger partial charge on any atom is -0.393 e. The van der Waals surface area contributed by atoms with Crippen LogP contribution in [0.3, 0.4) is 0 Å². The summed E-state index contributed by atoms with van der Waals surface area (Å²) in [7, 11) is 1.79. The van der Waals surface area contributed by atoms with Gasteiger partial charge < -0.3 is 20.5 Å². The Morgan fingerprint density at radius 1 is 1.24 bits per heavy atom. The summed E-state index contributed by atoms with van der Waals surface area (Å²) in [6.45, 7) is 8.07. The fourth-order valence-corrected chi connectivity index (χ4v) is 3.07. The number of ether oxygens (including phenoxy) is 1. The lowest BCUT2D eigenvalue weighted by Crippen LogP contribution is -2.45. The Morgan fingerprint density at radius 2 is 1.96 bits per heavy atom. The molecule has 0 bridgehead atoms. The van der Waals surface area contributed by atoms with Gasteiger partial charge in [0.2, 0.25) is 0 Å². The Hall–Kier alpha value is -1.63. The van der Waals surface area contributed by atoms with Crippen molar-refractivity contribution >= 4 is 5.96 Å². The fraction of sp³-hybridized carbons (Fsp3) is 0.632. The van der Waals surface area contributed by atoms with E-state index < -0.39 is 0 Å². The van der Waals surface area contributed by atoms with E-state index in [0.717, 1.165) is 58.3 Å². The van der Waals surface area contributed by atoms with Gasteiger partial charge in [0, 0.05) is 45.7 Å². The molecule has 1 aliphatic rings. The molecule has 1 saturated heterocycles. The zero-order valence-electron chi connectivity index (χ0n) is 15.4. The van der Waals surface area contributed by atoms with Gasteiger partial charge in [-0.15, -0.1) is 0 Å². The summed E-state index contributed by atoms with van der Waals surface area (Å²) in [5.74, 6) is 1.05.